The highest BCUT2D eigenvalue weighted by molar-refractivity contribution is 4.46. The Morgan fingerprint density at radius 1 is 0.750 bits per heavy atom. The first-order valence-electron chi connectivity index (χ1n) is 4.43. The van der Waals surface area contributed by atoms with Gasteiger partial charge in [-0.2, -0.15) is 10.1 Å². The normalized spacial score (nSPS) is 11.5. The lowest BCUT2D eigenvalue weighted by Gasteiger charge is -2.08. The van der Waals surface area contributed by atoms with Crippen molar-refractivity contribution in [2.24, 2.45) is 0 Å². The lowest BCUT2D eigenvalue weighted by molar-refractivity contribution is -0.0685. The third kappa shape index (κ3) is 9.84. The van der Waals surface area contributed by atoms with Crippen molar-refractivity contribution in [3.63, 3.8) is 0 Å². The Morgan fingerprint density at radius 2 is 1.08 bits per heavy atom. The highest BCUT2D eigenvalue weighted by atomic mass is 16.5. The highest BCUT2D eigenvalue weighted by Crippen LogP contribution is 2.00. The van der Waals surface area contributed by atoms with Crippen LogP contribution >= 0.6 is 0 Å². The van der Waals surface area contributed by atoms with Crippen LogP contribution in [-0.2, 0) is 0 Å². The molecule has 0 radical (unpaired) electrons. The van der Waals surface area contributed by atoms with E-state index in [2.05, 4.69) is 0 Å². The fourth-order valence-electron chi connectivity index (χ4n) is 1.03. The Hall–Kier alpha value is -0.160. The Bertz CT molecular complexity index is 85.1. The molecule has 0 amide bonds. The summed E-state index contributed by atoms with van der Waals surface area (Å²) < 4.78 is 0. The predicted octanol–water partition coefficient (Wildman–Crippen LogP) is 1.19. The van der Waals surface area contributed by atoms with Gasteiger partial charge in [0, 0.05) is 27.2 Å². The van der Waals surface area contributed by atoms with Crippen LogP contribution in [0.5, 0.6) is 0 Å². The lowest BCUT2D eigenvalue weighted by atomic mass is 10.2. The van der Waals surface area contributed by atoms with Crippen LogP contribution < -0.4 is 0 Å². The van der Waals surface area contributed by atoms with E-state index < -0.39 is 0 Å². The second kappa shape index (κ2) is 7.49. The van der Waals surface area contributed by atoms with Gasteiger partial charge in [0.15, 0.2) is 0 Å². The van der Waals surface area contributed by atoms with E-state index in [9.17, 15) is 0 Å². The van der Waals surface area contributed by atoms with Gasteiger partial charge in [-0.3, -0.25) is 0 Å². The first-order valence-corrected chi connectivity index (χ1v) is 4.43. The molecule has 0 rings (SSSR count). The molecule has 0 aliphatic rings. The minimum atomic E-state index is 0.731. The van der Waals surface area contributed by atoms with Crippen LogP contribution in [-0.4, -0.2) is 47.7 Å². The lowest BCUT2D eigenvalue weighted by Crippen LogP contribution is -2.15. The molecule has 4 heteroatoms. The molecule has 0 aromatic carbocycles. The molecule has 0 spiro atoms. The predicted molar refractivity (Wildman–Crippen MR) is 47.3 cm³/mol. The molecule has 0 unspecified atom stereocenters. The van der Waals surface area contributed by atoms with Gasteiger partial charge in [-0.1, -0.05) is 12.8 Å². The van der Waals surface area contributed by atoms with Gasteiger partial charge in [0.25, 0.3) is 0 Å². The van der Waals surface area contributed by atoms with Crippen molar-refractivity contribution in [1.29, 1.82) is 0 Å². The van der Waals surface area contributed by atoms with Crippen molar-refractivity contribution >= 4 is 0 Å². The number of hydrogen-bond acceptors (Lipinski definition) is 4. The fraction of sp³-hybridized carbons (Fsp3) is 1.00. The number of unbranched alkanes of at least 4 members (excludes halogenated alkanes) is 3. The fourth-order valence-corrected chi connectivity index (χ4v) is 1.03. The zero-order valence-corrected chi connectivity index (χ0v) is 8.03. The zero-order valence-electron chi connectivity index (χ0n) is 8.03. The summed E-state index contributed by atoms with van der Waals surface area (Å²) in [5, 5.41) is 20.0. The third-order valence-electron chi connectivity index (χ3n) is 1.71. The SMILES string of the molecule is CN(O)CCCCCCN(C)O. The molecule has 0 aliphatic carbocycles. The second-order valence-electron chi connectivity index (χ2n) is 3.18. The van der Waals surface area contributed by atoms with Gasteiger partial charge in [0.1, 0.15) is 0 Å². The van der Waals surface area contributed by atoms with Gasteiger partial charge >= 0.3 is 0 Å². The molecule has 0 atom stereocenters. The third-order valence-corrected chi connectivity index (χ3v) is 1.71. The summed E-state index contributed by atoms with van der Waals surface area (Å²) in [5.41, 5.74) is 0. The van der Waals surface area contributed by atoms with Crippen LogP contribution in [0.2, 0.25) is 0 Å². The minimum absolute atomic E-state index is 0.731. The molecular weight excluding hydrogens is 156 g/mol. The van der Waals surface area contributed by atoms with Crippen molar-refractivity contribution in [3.05, 3.63) is 0 Å². The van der Waals surface area contributed by atoms with E-state index >= 15 is 0 Å². The molecule has 0 heterocycles. The van der Waals surface area contributed by atoms with Gasteiger partial charge in [0.05, 0.1) is 0 Å². The van der Waals surface area contributed by atoms with Gasteiger partial charge in [-0.25, -0.2) is 0 Å². The van der Waals surface area contributed by atoms with Crippen molar-refractivity contribution < 1.29 is 10.4 Å². The summed E-state index contributed by atoms with van der Waals surface area (Å²) in [4.78, 5) is 0. The van der Waals surface area contributed by atoms with E-state index in [4.69, 9.17) is 10.4 Å². The molecule has 74 valence electrons. The van der Waals surface area contributed by atoms with E-state index in [0.29, 0.717) is 0 Å². The van der Waals surface area contributed by atoms with Crippen LogP contribution in [0.1, 0.15) is 25.7 Å². The average molecular weight is 176 g/mol. The van der Waals surface area contributed by atoms with Crippen LogP contribution in [0.15, 0.2) is 0 Å². The molecule has 0 aliphatic heterocycles. The highest BCUT2D eigenvalue weighted by Gasteiger charge is 1.94. The molecule has 4 nitrogen and oxygen atoms in total. The maximum Gasteiger partial charge on any atom is 0.0235 e. The molecular formula is C8H20N2O2. The molecule has 0 aromatic rings. The van der Waals surface area contributed by atoms with Gasteiger partial charge in [0.2, 0.25) is 0 Å². The van der Waals surface area contributed by atoms with Gasteiger partial charge in [-0.05, 0) is 12.8 Å². The summed E-state index contributed by atoms with van der Waals surface area (Å²) in [6.45, 7) is 1.46. The zero-order chi connectivity index (χ0) is 9.40. The molecule has 0 bridgehead atoms. The van der Waals surface area contributed by atoms with Crippen molar-refractivity contribution in [2.75, 3.05) is 27.2 Å². The molecule has 2 N–H and O–H groups in total. The van der Waals surface area contributed by atoms with Crippen molar-refractivity contribution in [1.82, 2.24) is 10.1 Å². The summed E-state index contributed by atoms with van der Waals surface area (Å²) in [7, 11) is 3.31. The molecule has 12 heavy (non-hydrogen) atoms. The van der Waals surface area contributed by atoms with Gasteiger partial charge < -0.3 is 10.4 Å². The van der Waals surface area contributed by atoms with Gasteiger partial charge in [-0.15, -0.1) is 0 Å². The first-order chi connectivity index (χ1) is 5.63. The van der Waals surface area contributed by atoms with E-state index in [-0.39, 0.29) is 0 Å². The number of hydrogen-bond donors (Lipinski definition) is 2. The van der Waals surface area contributed by atoms with E-state index in [1.807, 2.05) is 0 Å². The molecule has 0 fully saturated rings. The summed E-state index contributed by atoms with van der Waals surface area (Å²) >= 11 is 0. The summed E-state index contributed by atoms with van der Waals surface area (Å²) in [6, 6.07) is 0. The van der Waals surface area contributed by atoms with Crippen LogP contribution in [0.4, 0.5) is 0 Å². The van der Waals surface area contributed by atoms with E-state index in [1.54, 1.807) is 14.1 Å². The first kappa shape index (κ1) is 11.8. The number of rotatable bonds is 7. The van der Waals surface area contributed by atoms with Crippen molar-refractivity contribution in [2.45, 2.75) is 25.7 Å². The van der Waals surface area contributed by atoms with Crippen LogP contribution in [0, 0.1) is 0 Å². The summed E-state index contributed by atoms with van der Waals surface area (Å²) in [6.07, 6.45) is 4.25. The van der Waals surface area contributed by atoms with E-state index in [0.717, 1.165) is 38.8 Å². The van der Waals surface area contributed by atoms with E-state index in [1.165, 1.54) is 10.1 Å². The maximum atomic E-state index is 8.78. The Morgan fingerprint density at radius 3 is 1.33 bits per heavy atom. The Labute approximate surface area is 74.3 Å². The molecule has 0 aromatic heterocycles. The van der Waals surface area contributed by atoms with Crippen LogP contribution in [0.3, 0.4) is 0 Å². The molecule has 0 saturated carbocycles. The number of nitrogens with zero attached hydrogens (tertiary/aromatic N) is 2. The summed E-state index contributed by atoms with van der Waals surface area (Å²) in [5.74, 6) is 0. The van der Waals surface area contributed by atoms with Crippen LogP contribution in [0.25, 0.3) is 0 Å². The Balaban J connectivity index is 2.91. The monoisotopic (exact) mass is 176 g/mol. The molecule has 0 saturated heterocycles. The maximum absolute atomic E-state index is 8.78. The Kier molecular flexibility index (Phi) is 7.39. The smallest absolute Gasteiger partial charge is 0.0235 e. The quantitative estimate of drug-likeness (QED) is 0.452. The topological polar surface area (TPSA) is 46.9 Å². The minimum Gasteiger partial charge on any atom is -0.314 e. The largest absolute Gasteiger partial charge is 0.314 e. The van der Waals surface area contributed by atoms with Crippen molar-refractivity contribution in [3.8, 4) is 0 Å². The standard InChI is InChI=1S/C8H20N2O2/c1-9(11)7-5-3-4-6-8-10(2)12/h11-12H,3-8H2,1-2H3. The second-order valence-corrected chi connectivity index (χ2v) is 3.18. The number of hydroxylamine groups is 4. The average Bonchev–Trinajstić information content (AvgIpc) is 1.95.